The largest absolute Gasteiger partial charge is 0.493 e. The van der Waals surface area contributed by atoms with E-state index in [9.17, 15) is 9.00 Å². The van der Waals surface area contributed by atoms with Gasteiger partial charge >= 0.3 is 0 Å². The Morgan fingerprint density at radius 3 is 2.32 bits per heavy atom. The zero-order chi connectivity index (χ0) is 31.1. The van der Waals surface area contributed by atoms with Crippen LogP contribution in [0.15, 0.2) is 59.5 Å². The number of nitrogens with zero attached hydrogens (tertiary/aromatic N) is 2. The first kappa shape index (κ1) is 31.2. The van der Waals surface area contributed by atoms with Crippen LogP contribution in [0, 0.1) is 0 Å². The van der Waals surface area contributed by atoms with E-state index < -0.39 is 16.4 Å². The van der Waals surface area contributed by atoms with Crippen LogP contribution in [-0.4, -0.2) is 79.9 Å². The number of methoxy groups -OCH3 is 3. The molecule has 3 aromatic rings. The highest BCUT2D eigenvalue weighted by Gasteiger charge is 2.46. The van der Waals surface area contributed by atoms with Gasteiger partial charge in [0.05, 0.1) is 48.7 Å². The van der Waals surface area contributed by atoms with Crippen molar-refractivity contribution in [3.8, 4) is 17.2 Å². The number of halogens is 2. The van der Waals surface area contributed by atoms with E-state index in [0.717, 1.165) is 42.9 Å². The van der Waals surface area contributed by atoms with E-state index in [1.807, 2.05) is 24.3 Å². The van der Waals surface area contributed by atoms with E-state index in [4.69, 9.17) is 42.1 Å². The third-order valence-electron chi connectivity index (χ3n) is 9.34. The van der Waals surface area contributed by atoms with Crippen molar-refractivity contribution in [2.45, 2.75) is 35.2 Å². The van der Waals surface area contributed by atoms with E-state index in [0.29, 0.717) is 51.6 Å². The van der Waals surface area contributed by atoms with Gasteiger partial charge in [-0.1, -0.05) is 47.5 Å². The monoisotopic (exact) mass is 658 g/mol. The Kier molecular flexibility index (Phi) is 8.87. The van der Waals surface area contributed by atoms with Crippen LogP contribution in [0.3, 0.4) is 0 Å². The summed E-state index contributed by atoms with van der Waals surface area (Å²) in [5, 5.41) is 0.902. The number of carbonyl (C=O) groups is 1. The zero-order valence-electron chi connectivity index (χ0n) is 25.1. The molecule has 3 aromatic carbocycles. The first-order chi connectivity index (χ1) is 21.2. The molecule has 1 unspecified atom stereocenters. The minimum Gasteiger partial charge on any atom is -0.493 e. The first-order valence-electron chi connectivity index (χ1n) is 14.6. The predicted octanol–water partition coefficient (Wildman–Crippen LogP) is 5.89. The lowest BCUT2D eigenvalue weighted by Crippen LogP contribution is -2.45. The van der Waals surface area contributed by atoms with Crippen molar-refractivity contribution in [2.24, 2.45) is 0 Å². The van der Waals surface area contributed by atoms with Crippen molar-refractivity contribution >= 4 is 39.9 Å². The van der Waals surface area contributed by atoms with Crippen LogP contribution in [0.25, 0.3) is 0 Å². The van der Waals surface area contributed by atoms with Crippen LogP contribution in [-0.2, 0) is 26.6 Å². The van der Waals surface area contributed by atoms with Gasteiger partial charge in [-0.25, -0.2) is 0 Å². The lowest BCUT2D eigenvalue weighted by atomic mass is 9.74. The van der Waals surface area contributed by atoms with Gasteiger partial charge in [-0.3, -0.25) is 9.00 Å². The minimum absolute atomic E-state index is 0.0209. The van der Waals surface area contributed by atoms with Crippen LogP contribution >= 0.6 is 23.2 Å². The highest BCUT2D eigenvalue weighted by atomic mass is 35.5. The maximum Gasteiger partial charge on any atom is 0.256 e. The minimum atomic E-state index is -0.940. The third-order valence-corrected chi connectivity index (χ3v) is 11.7. The summed E-state index contributed by atoms with van der Waals surface area (Å²) in [6, 6.07) is 17.0. The summed E-state index contributed by atoms with van der Waals surface area (Å²) in [6.45, 7) is 3.02. The van der Waals surface area contributed by atoms with Gasteiger partial charge in [0.15, 0.2) is 11.5 Å². The van der Waals surface area contributed by atoms with Crippen LogP contribution in [0.5, 0.6) is 17.2 Å². The lowest BCUT2D eigenvalue weighted by molar-refractivity contribution is -0.0135. The second kappa shape index (κ2) is 12.5. The third kappa shape index (κ3) is 5.58. The molecular formula is C33H36Cl2N2O6S. The second-order valence-corrected chi connectivity index (χ2v) is 13.9. The van der Waals surface area contributed by atoms with E-state index in [1.54, 1.807) is 23.1 Å². The van der Waals surface area contributed by atoms with E-state index in [-0.39, 0.29) is 18.1 Å². The molecule has 1 spiro atoms. The summed E-state index contributed by atoms with van der Waals surface area (Å²) in [5.74, 6) is 1.73. The number of piperidine rings is 1. The Morgan fingerprint density at radius 1 is 0.955 bits per heavy atom. The molecule has 2 atom stereocenters. The Balaban J connectivity index is 1.21. The molecular weight excluding hydrogens is 623 g/mol. The van der Waals surface area contributed by atoms with Gasteiger partial charge in [0.2, 0.25) is 5.75 Å². The highest BCUT2D eigenvalue weighted by molar-refractivity contribution is 7.85. The molecule has 3 heterocycles. The van der Waals surface area contributed by atoms with Crippen LogP contribution in [0.4, 0.5) is 0 Å². The van der Waals surface area contributed by atoms with Crippen LogP contribution in [0.1, 0.15) is 40.7 Å². The Labute approximate surface area is 270 Å². The van der Waals surface area contributed by atoms with Crippen molar-refractivity contribution < 1.29 is 28.0 Å². The van der Waals surface area contributed by atoms with E-state index >= 15 is 0 Å². The number of hydrogen-bond acceptors (Lipinski definition) is 7. The molecule has 1 amide bonds. The van der Waals surface area contributed by atoms with Crippen LogP contribution < -0.4 is 14.2 Å². The summed E-state index contributed by atoms with van der Waals surface area (Å²) in [7, 11) is 3.63. The zero-order valence-corrected chi connectivity index (χ0v) is 27.4. The maximum atomic E-state index is 13.8. The molecule has 44 heavy (non-hydrogen) atoms. The molecule has 8 nitrogen and oxygen atoms in total. The van der Waals surface area contributed by atoms with Crippen molar-refractivity contribution in [3.63, 3.8) is 0 Å². The van der Waals surface area contributed by atoms with Crippen molar-refractivity contribution in [1.29, 1.82) is 0 Å². The number of likely N-dealkylation sites (tertiary alicyclic amines) is 1. The highest BCUT2D eigenvalue weighted by Crippen LogP contribution is 2.46. The van der Waals surface area contributed by atoms with E-state index in [1.165, 1.54) is 26.9 Å². The molecule has 0 N–H and O–H groups in total. The van der Waals surface area contributed by atoms with Crippen molar-refractivity contribution in [3.05, 3.63) is 81.3 Å². The number of hydrogen-bond donors (Lipinski definition) is 0. The summed E-state index contributed by atoms with van der Waals surface area (Å²) in [4.78, 5) is 18.9. The van der Waals surface area contributed by atoms with Gasteiger partial charge in [-0.05, 0) is 73.8 Å². The van der Waals surface area contributed by atoms with Crippen LogP contribution in [0.2, 0.25) is 10.0 Å². The molecule has 0 aliphatic carbocycles. The van der Waals surface area contributed by atoms with Gasteiger partial charge in [0.25, 0.3) is 5.91 Å². The molecule has 0 bridgehead atoms. The van der Waals surface area contributed by atoms with Gasteiger partial charge in [-0.2, -0.15) is 0 Å². The number of ether oxygens (including phenoxy) is 4. The Bertz CT molecular complexity index is 1570. The quantitative estimate of drug-likeness (QED) is 0.299. The molecule has 6 rings (SSSR count). The molecule has 234 valence electrons. The lowest BCUT2D eigenvalue weighted by Gasteiger charge is -2.40. The van der Waals surface area contributed by atoms with E-state index in [2.05, 4.69) is 17.0 Å². The standard InChI is InChI=1S/C33H36Cl2N2O6S/c1-40-27-16-22(17-28(41-2)30(27)42-3)31(38)37-19-33(43-21-37,23-8-9-25(34)26(35)18-23)12-15-36-13-10-32(11-14-36)20-44(39)29-7-5-4-6-24(29)32/h4-9,16-18H,10-15,19-21H2,1-3H3/t33-,44?/m0/s1. The smallest absolute Gasteiger partial charge is 0.256 e. The number of benzene rings is 3. The average molecular weight is 660 g/mol. The summed E-state index contributed by atoms with van der Waals surface area (Å²) < 4.78 is 35.8. The molecule has 0 radical (unpaired) electrons. The average Bonchev–Trinajstić information content (AvgIpc) is 3.61. The fourth-order valence-corrected chi connectivity index (χ4v) is 8.99. The molecule has 0 saturated carbocycles. The summed E-state index contributed by atoms with van der Waals surface area (Å²) in [5.41, 5.74) is 1.74. The normalized spacial score (nSPS) is 22.7. The SMILES string of the molecule is COc1cc(C(=O)N2CO[C@](CCN3CCC4(CC3)CS(=O)c3ccccc34)(c3ccc(Cl)c(Cl)c3)C2)cc(OC)c1OC. The number of carbonyl (C=O) groups excluding carboxylic acids is 1. The van der Waals surface area contributed by atoms with Crippen molar-refractivity contribution in [1.82, 2.24) is 9.80 Å². The Hall–Kier alpha value is -2.82. The number of amides is 1. The van der Waals surface area contributed by atoms with Gasteiger partial charge in [0, 0.05) is 28.2 Å². The molecule has 2 fully saturated rings. The molecule has 3 aliphatic heterocycles. The summed E-state index contributed by atoms with van der Waals surface area (Å²) in [6.07, 6.45) is 2.57. The van der Waals surface area contributed by atoms with Gasteiger partial charge < -0.3 is 28.7 Å². The van der Waals surface area contributed by atoms with Crippen molar-refractivity contribution in [2.75, 3.05) is 60.0 Å². The molecule has 0 aromatic heterocycles. The first-order valence-corrected chi connectivity index (χ1v) is 16.7. The number of fused-ring (bicyclic) bond motifs is 2. The molecule has 2 saturated heterocycles. The predicted molar refractivity (Wildman–Crippen MR) is 171 cm³/mol. The second-order valence-electron chi connectivity index (χ2n) is 11.7. The summed E-state index contributed by atoms with van der Waals surface area (Å²) >= 11 is 12.7. The fraction of sp³-hybridized carbons (Fsp3) is 0.424. The molecule has 11 heteroatoms. The maximum absolute atomic E-state index is 13.8. The topological polar surface area (TPSA) is 77.5 Å². The fourth-order valence-electron chi connectivity index (χ4n) is 6.84. The number of rotatable bonds is 8. The Morgan fingerprint density at radius 2 is 1.66 bits per heavy atom. The molecule has 3 aliphatic rings. The van der Waals surface area contributed by atoms with Gasteiger partial charge in [-0.15, -0.1) is 0 Å². The van der Waals surface area contributed by atoms with Gasteiger partial charge in [0.1, 0.15) is 12.3 Å².